The number of aryl methyl sites for hydroxylation is 1. The fraction of sp³-hybridized carbons (Fsp3) is 0.438. The molecule has 1 aromatic heterocycles. The molecule has 3 rings (SSSR count). The molecule has 0 saturated carbocycles. The molecule has 3 nitrogen and oxygen atoms in total. The first-order chi connectivity index (χ1) is 9.72. The average Bonchev–Trinajstić information content (AvgIpc) is 2.68. The van der Waals surface area contributed by atoms with Crippen LogP contribution in [-0.2, 0) is 6.54 Å². The van der Waals surface area contributed by atoms with Gasteiger partial charge < -0.3 is 5.32 Å². The van der Waals surface area contributed by atoms with Gasteiger partial charge in [0.15, 0.2) is 0 Å². The summed E-state index contributed by atoms with van der Waals surface area (Å²) < 4.78 is 0. The van der Waals surface area contributed by atoms with Crippen molar-refractivity contribution in [2.75, 3.05) is 26.2 Å². The summed E-state index contributed by atoms with van der Waals surface area (Å²) in [5, 5.41) is 5.23. The molecule has 0 atom stereocenters. The molecule has 106 valence electrons. The summed E-state index contributed by atoms with van der Waals surface area (Å²) in [6.07, 6.45) is 1.19. The summed E-state index contributed by atoms with van der Waals surface area (Å²) in [4.78, 5) is 7.00. The van der Waals surface area contributed by atoms with Crippen LogP contribution in [0.2, 0.25) is 5.15 Å². The molecule has 1 fully saturated rings. The summed E-state index contributed by atoms with van der Waals surface area (Å²) >= 11 is 6.36. The van der Waals surface area contributed by atoms with E-state index in [0.717, 1.165) is 43.8 Å². The number of pyridine rings is 1. The molecule has 1 aliphatic heterocycles. The molecular weight excluding hydrogens is 270 g/mol. The lowest BCUT2D eigenvalue weighted by atomic mass is 10.1. The van der Waals surface area contributed by atoms with Gasteiger partial charge in [-0.15, -0.1) is 0 Å². The minimum absolute atomic E-state index is 0.639. The topological polar surface area (TPSA) is 28.2 Å². The number of benzene rings is 1. The van der Waals surface area contributed by atoms with Gasteiger partial charge in [0, 0.05) is 30.6 Å². The summed E-state index contributed by atoms with van der Waals surface area (Å²) in [7, 11) is 0. The average molecular weight is 290 g/mol. The van der Waals surface area contributed by atoms with Crippen LogP contribution in [0.5, 0.6) is 0 Å². The molecule has 2 heterocycles. The first-order valence-corrected chi connectivity index (χ1v) is 7.59. The molecule has 4 heteroatoms. The Kier molecular flexibility index (Phi) is 4.20. The van der Waals surface area contributed by atoms with Crippen LogP contribution in [0.1, 0.15) is 17.5 Å². The molecule has 0 spiro atoms. The summed E-state index contributed by atoms with van der Waals surface area (Å²) in [6.45, 7) is 7.32. The first kappa shape index (κ1) is 13.8. The normalized spacial score (nSPS) is 17.3. The van der Waals surface area contributed by atoms with Gasteiger partial charge in [0.1, 0.15) is 5.15 Å². The predicted octanol–water partition coefficient (Wildman–Crippen LogP) is 2.99. The lowest BCUT2D eigenvalue weighted by Gasteiger charge is -2.20. The van der Waals surface area contributed by atoms with E-state index < -0.39 is 0 Å². The van der Waals surface area contributed by atoms with Crippen LogP contribution in [-0.4, -0.2) is 36.1 Å². The molecule has 0 aliphatic carbocycles. The van der Waals surface area contributed by atoms with Gasteiger partial charge in [0.2, 0.25) is 0 Å². The van der Waals surface area contributed by atoms with Gasteiger partial charge in [-0.3, -0.25) is 4.90 Å². The van der Waals surface area contributed by atoms with Gasteiger partial charge >= 0.3 is 0 Å². The fourth-order valence-corrected chi connectivity index (χ4v) is 2.91. The van der Waals surface area contributed by atoms with Crippen molar-refractivity contribution in [2.24, 2.45) is 0 Å². The third-order valence-electron chi connectivity index (χ3n) is 3.83. The van der Waals surface area contributed by atoms with E-state index in [0.29, 0.717) is 5.15 Å². The standard InChI is InChI=1S/C16H20ClN3/c1-12-3-4-13-10-14(16(17)19-15(13)9-12)11-20-7-2-5-18-6-8-20/h3-4,9-10,18H,2,5-8,11H2,1H3. The van der Waals surface area contributed by atoms with E-state index in [1.54, 1.807) is 0 Å². The Balaban J connectivity index is 1.87. The minimum atomic E-state index is 0.639. The highest BCUT2D eigenvalue weighted by Crippen LogP contribution is 2.23. The molecule has 0 radical (unpaired) electrons. The molecule has 1 N–H and O–H groups in total. The van der Waals surface area contributed by atoms with E-state index in [4.69, 9.17) is 11.6 Å². The molecule has 2 aromatic rings. The lowest BCUT2D eigenvalue weighted by molar-refractivity contribution is 0.284. The van der Waals surface area contributed by atoms with Crippen LogP contribution in [0.4, 0.5) is 0 Å². The zero-order chi connectivity index (χ0) is 13.9. The van der Waals surface area contributed by atoms with Crippen molar-refractivity contribution in [1.82, 2.24) is 15.2 Å². The maximum absolute atomic E-state index is 6.36. The van der Waals surface area contributed by atoms with Crippen molar-refractivity contribution in [2.45, 2.75) is 19.9 Å². The van der Waals surface area contributed by atoms with E-state index in [1.807, 2.05) is 0 Å². The molecule has 0 amide bonds. The fourth-order valence-electron chi connectivity index (χ4n) is 2.71. The number of aromatic nitrogens is 1. The third-order valence-corrected chi connectivity index (χ3v) is 4.15. The summed E-state index contributed by atoms with van der Waals surface area (Å²) in [6, 6.07) is 8.52. The monoisotopic (exact) mass is 289 g/mol. The maximum Gasteiger partial charge on any atom is 0.134 e. The number of nitrogens with one attached hydrogen (secondary N) is 1. The lowest BCUT2D eigenvalue weighted by Crippen LogP contribution is -2.27. The zero-order valence-corrected chi connectivity index (χ0v) is 12.6. The van der Waals surface area contributed by atoms with Gasteiger partial charge in [0.25, 0.3) is 0 Å². The second-order valence-electron chi connectivity index (χ2n) is 5.51. The number of nitrogens with zero attached hydrogens (tertiary/aromatic N) is 2. The van der Waals surface area contributed by atoms with Crippen molar-refractivity contribution in [3.05, 3.63) is 40.5 Å². The van der Waals surface area contributed by atoms with Gasteiger partial charge in [0.05, 0.1) is 5.52 Å². The van der Waals surface area contributed by atoms with Crippen molar-refractivity contribution in [3.63, 3.8) is 0 Å². The van der Waals surface area contributed by atoms with Crippen molar-refractivity contribution in [1.29, 1.82) is 0 Å². The number of hydrogen-bond donors (Lipinski definition) is 1. The zero-order valence-electron chi connectivity index (χ0n) is 11.8. The first-order valence-electron chi connectivity index (χ1n) is 7.21. The van der Waals surface area contributed by atoms with Gasteiger partial charge in [-0.25, -0.2) is 4.98 Å². The van der Waals surface area contributed by atoms with E-state index in [-0.39, 0.29) is 0 Å². The quantitative estimate of drug-likeness (QED) is 0.862. The van der Waals surface area contributed by atoms with Crippen LogP contribution in [0.15, 0.2) is 24.3 Å². The largest absolute Gasteiger partial charge is 0.315 e. The number of halogens is 1. The van der Waals surface area contributed by atoms with E-state index >= 15 is 0 Å². The number of hydrogen-bond acceptors (Lipinski definition) is 3. The molecule has 1 aliphatic rings. The second kappa shape index (κ2) is 6.08. The van der Waals surface area contributed by atoms with Crippen LogP contribution in [0, 0.1) is 6.92 Å². The Hall–Kier alpha value is -1.16. The van der Waals surface area contributed by atoms with Gasteiger partial charge in [-0.1, -0.05) is 23.7 Å². The van der Waals surface area contributed by atoms with E-state index in [2.05, 4.69) is 46.4 Å². The Morgan fingerprint density at radius 2 is 2.15 bits per heavy atom. The molecular formula is C16H20ClN3. The highest BCUT2D eigenvalue weighted by atomic mass is 35.5. The smallest absolute Gasteiger partial charge is 0.134 e. The van der Waals surface area contributed by atoms with Crippen LogP contribution in [0.25, 0.3) is 10.9 Å². The summed E-state index contributed by atoms with van der Waals surface area (Å²) in [5.74, 6) is 0. The van der Waals surface area contributed by atoms with Gasteiger partial charge in [-0.2, -0.15) is 0 Å². The van der Waals surface area contributed by atoms with Gasteiger partial charge in [-0.05, 0) is 44.1 Å². The number of rotatable bonds is 2. The Bertz CT molecular complexity index is 604. The SMILES string of the molecule is Cc1ccc2cc(CN3CCCNCC3)c(Cl)nc2c1. The molecule has 1 aromatic carbocycles. The molecule has 1 saturated heterocycles. The van der Waals surface area contributed by atoms with Crippen LogP contribution >= 0.6 is 11.6 Å². The molecule has 0 unspecified atom stereocenters. The third kappa shape index (κ3) is 3.11. The molecule has 0 bridgehead atoms. The summed E-state index contributed by atoms with van der Waals surface area (Å²) in [5.41, 5.74) is 3.33. The second-order valence-corrected chi connectivity index (χ2v) is 5.87. The van der Waals surface area contributed by atoms with E-state index in [9.17, 15) is 0 Å². The Morgan fingerprint density at radius 1 is 1.25 bits per heavy atom. The maximum atomic E-state index is 6.36. The highest BCUT2D eigenvalue weighted by molar-refractivity contribution is 6.30. The van der Waals surface area contributed by atoms with Crippen LogP contribution < -0.4 is 5.32 Å². The minimum Gasteiger partial charge on any atom is -0.315 e. The number of fused-ring (bicyclic) bond motifs is 1. The Labute approximate surface area is 124 Å². The van der Waals surface area contributed by atoms with Crippen molar-refractivity contribution >= 4 is 22.5 Å². The van der Waals surface area contributed by atoms with Crippen LogP contribution in [0.3, 0.4) is 0 Å². The predicted molar refractivity (Wildman–Crippen MR) is 84.3 cm³/mol. The van der Waals surface area contributed by atoms with Crippen molar-refractivity contribution in [3.8, 4) is 0 Å². The molecule has 20 heavy (non-hydrogen) atoms. The van der Waals surface area contributed by atoms with Crippen molar-refractivity contribution < 1.29 is 0 Å². The Morgan fingerprint density at radius 3 is 3.05 bits per heavy atom. The highest BCUT2D eigenvalue weighted by Gasteiger charge is 2.12. The van der Waals surface area contributed by atoms with E-state index in [1.165, 1.54) is 17.4 Å².